The van der Waals surface area contributed by atoms with Crippen LogP contribution in [-0.2, 0) is 6.42 Å². The molecule has 118 valence electrons. The van der Waals surface area contributed by atoms with Crippen molar-refractivity contribution in [3.05, 3.63) is 32.2 Å². The molecule has 21 heavy (non-hydrogen) atoms. The van der Waals surface area contributed by atoms with Gasteiger partial charge < -0.3 is 9.47 Å². The predicted octanol–water partition coefficient (Wildman–Crippen LogP) is 6.47. The summed E-state index contributed by atoms with van der Waals surface area (Å²) in [5.41, 5.74) is 1.07. The van der Waals surface area contributed by atoms with Crippen molar-refractivity contribution in [2.45, 2.75) is 26.2 Å². The van der Waals surface area contributed by atoms with Crippen LogP contribution in [0.25, 0.3) is 0 Å². The van der Waals surface area contributed by atoms with E-state index in [4.69, 9.17) is 21.1 Å². The molecule has 0 saturated carbocycles. The van der Waals surface area contributed by atoms with Gasteiger partial charge in [0.05, 0.1) is 15.0 Å². The molecule has 0 fully saturated rings. The van der Waals surface area contributed by atoms with Gasteiger partial charge in [0.1, 0.15) is 18.1 Å². The maximum absolute atomic E-state index is 6.32. The van der Waals surface area contributed by atoms with E-state index in [9.17, 15) is 0 Å². The molecule has 0 atom stereocenters. The zero-order valence-corrected chi connectivity index (χ0v) is 17.3. The summed E-state index contributed by atoms with van der Waals surface area (Å²) in [6.45, 7) is 3.23. The van der Waals surface area contributed by atoms with Crippen LogP contribution in [0.5, 0.6) is 11.5 Å². The van der Waals surface area contributed by atoms with Crippen molar-refractivity contribution in [2.24, 2.45) is 0 Å². The monoisotopic (exact) mass is 502 g/mol. The van der Waals surface area contributed by atoms with E-state index in [0.29, 0.717) is 18.2 Å². The molecule has 1 aromatic carbocycles. The van der Waals surface area contributed by atoms with E-state index < -0.39 is 0 Å². The maximum Gasteiger partial charge on any atom is 0.141 e. The normalized spacial score (nSPS) is 10.3. The van der Waals surface area contributed by atoms with Gasteiger partial charge in [-0.1, -0.05) is 34.5 Å². The minimum absolute atomic E-state index is 0.469. The molecule has 6 heteroatoms. The largest absolute Gasteiger partial charge is 0.492 e. The van der Waals surface area contributed by atoms with Crippen LogP contribution in [0, 0.1) is 0 Å². The Morgan fingerprint density at radius 1 is 1.24 bits per heavy atom. The molecule has 0 amide bonds. The number of rotatable bonds is 9. The first-order valence-electron chi connectivity index (χ1n) is 6.73. The molecule has 0 aliphatic rings. The van der Waals surface area contributed by atoms with E-state index in [1.165, 1.54) is 0 Å². The van der Waals surface area contributed by atoms with E-state index in [-0.39, 0.29) is 0 Å². The number of halogens is 4. The average Bonchev–Trinajstić information content (AvgIpc) is 2.44. The highest BCUT2D eigenvalue weighted by Crippen LogP contribution is 2.34. The first kappa shape index (κ1) is 19.3. The van der Waals surface area contributed by atoms with Gasteiger partial charge in [-0.25, -0.2) is 0 Å². The van der Waals surface area contributed by atoms with Crippen LogP contribution in [-0.4, -0.2) is 18.5 Å². The Bertz CT molecular complexity index is 474. The minimum Gasteiger partial charge on any atom is -0.492 e. The fourth-order valence-electron chi connectivity index (χ4n) is 1.70. The lowest BCUT2D eigenvalue weighted by Gasteiger charge is -2.14. The summed E-state index contributed by atoms with van der Waals surface area (Å²) < 4.78 is 12.3. The number of unbranched alkanes of at least 4 members (excludes halogenated alkanes) is 1. The summed E-state index contributed by atoms with van der Waals surface area (Å²) in [6.07, 6.45) is 4.83. The lowest BCUT2D eigenvalue weighted by atomic mass is 10.1. The molecule has 0 heterocycles. The van der Waals surface area contributed by atoms with Crippen LogP contribution in [0.4, 0.5) is 0 Å². The molecule has 0 saturated heterocycles. The van der Waals surface area contributed by atoms with E-state index in [1.807, 2.05) is 12.1 Å². The third-order valence-electron chi connectivity index (χ3n) is 2.74. The summed E-state index contributed by atoms with van der Waals surface area (Å²) in [7, 11) is 0. The highest BCUT2D eigenvalue weighted by atomic mass is 79.9. The number of hydrogen-bond acceptors (Lipinski definition) is 2. The van der Waals surface area contributed by atoms with E-state index in [0.717, 1.165) is 45.0 Å². The molecule has 2 nitrogen and oxygen atoms in total. The van der Waals surface area contributed by atoms with Gasteiger partial charge >= 0.3 is 0 Å². The van der Waals surface area contributed by atoms with Crippen LogP contribution in [0.15, 0.2) is 21.6 Å². The number of ether oxygens (including phenoxy) is 2. The Morgan fingerprint density at radius 2 is 2.00 bits per heavy atom. The quantitative estimate of drug-likeness (QED) is 0.283. The summed E-state index contributed by atoms with van der Waals surface area (Å²) >= 11 is 16.3. The molecule has 0 bridgehead atoms. The molecule has 0 aliphatic heterocycles. The van der Waals surface area contributed by atoms with Crippen molar-refractivity contribution in [1.29, 1.82) is 0 Å². The highest BCUT2D eigenvalue weighted by molar-refractivity contribution is 9.28. The van der Waals surface area contributed by atoms with Crippen molar-refractivity contribution >= 4 is 59.4 Å². The van der Waals surface area contributed by atoms with Crippen molar-refractivity contribution in [3.8, 4) is 11.5 Å². The molecule has 0 spiro atoms. The molecule has 0 unspecified atom stereocenters. The topological polar surface area (TPSA) is 18.5 Å². The van der Waals surface area contributed by atoms with Crippen LogP contribution in [0.2, 0.25) is 5.02 Å². The Hall–Kier alpha value is 0.290. The predicted molar refractivity (Wildman–Crippen MR) is 101 cm³/mol. The third kappa shape index (κ3) is 7.40. The molecular formula is C15H18Br3ClO2. The molecular weight excluding hydrogens is 487 g/mol. The molecule has 1 rings (SSSR count). The van der Waals surface area contributed by atoms with Gasteiger partial charge in [0.25, 0.3) is 0 Å². The second-order valence-corrected chi connectivity index (χ2v) is 8.27. The second-order valence-electron chi connectivity index (χ2n) is 4.30. The van der Waals surface area contributed by atoms with Gasteiger partial charge in [0, 0.05) is 11.4 Å². The van der Waals surface area contributed by atoms with Crippen molar-refractivity contribution in [1.82, 2.24) is 0 Å². The smallest absolute Gasteiger partial charge is 0.141 e. The van der Waals surface area contributed by atoms with E-state index in [2.05, 4.69) is 54.7 Å². The minimum atomic E-state index is 0.469. The third-order valence-corrected chi connectivity index (χ3v) is 4.23. The summed E-state index contributed by atoms with van der Waals surface area (Å²) in [5.74, 6) is 1.53. The average molecular weight is 505 g/mol. The van der Waals surface area contributed by atoms with Gasteiger partial charge in [-0.05, 0) is 68.8 Å². The van der Waals surface area contributed by atoms with E-state index >= 15 is 0 Å². The lowest BCUT2D eigenvalue weighted by molar-refractivity contribution is 0.305. The second kappa shape index (κ2) is 10.9. The van der Waals surface area contributed by atoms with Gasteiger partial charge in [0.15, 0.2) is 0 Å². The summed E-state index contributed by atoms with van der Waals surface area (Å²) in [5, 5.41) is 1.60. The van der Waals surface area contributed by atoms with Crippen LogP contribution in [0.3, 0.4) is 0 Å². The summed E-state index contributed by atoms with van der Waals surface area (Å²) in [6, 6.07) is 3.79. The van der Waals surface area contributed by atoms with Crippen LogP contribution >= 0.6 is 59.4 Å². The number of aryl methyl sites for hydroxylation is 1. The Kier molecular flexibility index (Phi) is 10.1. The zero-order valence-electron chi connectivity index (χ0n) is 11.8. The maximum atomic E-state index is 6.32. The Labute approximate surface area is 156 Å². The molecule has 0 aromatic heterocycles. The molecule has 0 aliphatic carbocycles. The number of hydrogen-bond donors (Lipinski definition) is 0. The van der Waals surface area contributed by atoms with Gasteiger partial charge in [-0.15, -0.1) is 0 Å². The van der Waals surface area contributed by atoms with E-state index in [1.54, 1.807) is 6.07 Å². The Morgan fingerprint density at radius 3 is 2.62 bits per heavy atom. The fourth-order valence-corrected chi connectivity index (χ4v) is 2.65. The van der Waals surface area contributed by atoms with Crippen molar-refractivity contribution in [3.63, 3.8) is 0 Å². The van der Waals surface area contributed by atoms with Gasteiger partial charge in [-0.2, -0.15) is 0 Å². The van der Waals surface area contributed by atoms with Crippen LogP contribution < -0.4 is 9.47 Å². The Balaban J connectivity index is 2.74. The standard InChI is InChI=1S/C15H18Br3ClO2/c1-2-11-9-12(20-8-5-14(17)18)10-13(19)15(11)21-7-4-3-6-16/h5,9-10H,2-4,6-8H2,1H3. The molecule has 0 N–H and O–H groups in total. The fraction of sp³-hybridized carbons (Fsp3) is 0.467. The number of alkyl halides is 1. The number of benzene rings is 1. The zero-order chi connectivity index (χ0) is 15.7. The van der Waals surface area contributed by atoms with Gasteiger partial charge in [0.2, 0.25) is 0 Å². The molecule has 0 radical (unpaired) electrons. The SMILES string of the molecule is CCc1cc(OCC=C(Br)Br)cc(Cl)c1OCCCCBr. The van der Waals surface area contributed by atoms with Crippen molar-refractivity contribution in [2.75, 3.05) is 18.5 Å². The molecule has 1 aromatic rings. The lowest BCUT2D eigenvalue weighted by Crippen LogP contribution is -2.02. The first-order chi connectivity index (χ1) is 10.1. The van der Waals surface area contributed by atoms with Gasteiger partial charge in [-0.3, -0.25) is 0 Å². The first-order valence-corrected chi connectivity index (χ1v) is 9.82. The van der Waals surface area contributed by atoms with Crippen molar-refractivity contribution < 1.29 is 9.47 Å². The highest BCUT2D eigenvalue weighted by Gasteiger charge is 2.10. The summed E-state index contributed by atoms with van der Waals surface area (Å²) in [4.78, 5) is 0. The van der Waals surface area contributed by atoms with Crippen LogP contribution in [0.1, 0.15) is 25.3 Å².